The number of hydrogen-bond donors (Lipinski definition) is 3. The van der Waals surface area contributed by atoms with Crippen molar-refractivity contribution in [3.63, 3.8) is 0 Å². The number of nitrogens with one attached hydrogen (secondary N) is 3. The van der Waals surface area contributed by atoms with Gasteiger partial charge in [0, 0.05) is 17.1 Å². The summed E-state index contributed by atoms with van der Waals surface area (Å²) in [4.78, 5) is 11.9. The highest BCUT2D eigenvalue weighted by Crippen LogP contribution is 2.21. The van der Waals surface area contributed by atoms with Crippen molar-refractivity contribution in [1.29, 1.82) is 0 Å². The number of hydrazine groups is 1. The van der Waals surface area contributed by atoms with E-state index >= 15 is 0 Å². The lowest BCUT2D eigenvalue weighted by Crippen LogP contribution is -2.43. The number of rotatable bonds is 6. The largest absolute Gasteiger partial charge is 0.493 e. The van der Waals surface area contributed by atoms with Gasteiger partial charge in [0.2, 0.25) is 5.91 Å². The average molecular weight is 406 g/mol. The summed E-state index contributed by atoms with van der Waals surface area (Å²) in [6, 6.07) is 11.5. The molecule has 7 heteroatoms. The van der Waals surface area contributed by atoms with Crippen LogP contribution >= 0.6 is 23.8 Å². The molecule has 0 aliphatic carbocycles. The zero-order chi connectivity index (χ0) is 19.8. The fourth-order valence-corrected chi connectivity index (χ4v) is 2.98. The summed E-state index contributed by atoms with van der Waals surface area (Å²) in [5.41, 5.74) is 9.42. The van der Waals surface area contributed by atoms with Crippen LogP contribution in [0.1, 0.15) is 29.5 Å². The SMILES string of the molecule is Cc1cc(C)cc(NC(=S)NNC(=O)CCCOc2ccc(Cl)cc2C)c1. The second-order valence-electron chi connectivity index (χ2n) is 6.37. The Morgan fingerprint density at radius 1 is 1.07 bits per heavy atom. The van der Waals surface area contributed by atoms with Crippen molar-refractivity contribution < 1.29 is 9.53 Å². The highest BCUT2D eigenvalue weighted by Gasteiger charge is 2.05. The number of benzene rings is 2. The van der Waals surface area contributed by atoms with Crippen LogP contribution in [0.3, 0.4) is 0 Å². The Hall–Kier alpha value is -2.31. The van der Waals surface area contributed by atoms with Crippen molar-refractivity contribution in [2.24, 2.45) is 0 Å². The Labute approximate surface area is 170 Å². The van der Waals surface area contributed by atoms with Crippen LogP contribution in [0, 0.1) is 20.8 Å². The molecule has 2 rings (SSSR count). The van der Waals surface area contributed by atoms with Crippen molar-refractivity contribution in [1.82, 2.24) is 10.9 Å². The summed E-state index contributed by atoms with van der Waals surface area (Å²) in [6.07, 6.45) is 0.915. The molecule has 0 aromatic heterocycles. The van der Waals surface area contributed by atoms with Gasteiger partial charge in [0.25, 0.3) is 0 Å². The number of anilines is 1. The van der Waals surface area contributed by atoms with Gasteiger partial charge in [0.15, 0.2) is 5.11 Å². The lowest BCUT2D eigenvalue weighted by atomic mass is 10.1. The summed E-state index contributed by atoms with van der Waals surface area (Å²) < 4.78 is 5.67. The van der Waals surface area contributed by atoms with E-state index in [0.717, 1.165) is 28.1 Å². The minimum Gasteiger partial charge on any atom is -0.493 e. The van der Waals surface area contributed by atoms with Gasteiger partial charge in [-0.2, -0.15) is 0 Å². The fraction of sp³-hybridized carbons (Fsp3) is 0.300. The lowest BCUT2D eigenvalue weighted by molar-refractivity contribution is -0.121. The molecule has 27 heavy (non-hydrogen) atoms. The maximum Gasteiger partial charge on any atom is 0.238 e. The third-order valence-electron chi connectivity index (χ3n) is 3.74. The number of thiocarbonyl (C=S) groups is 1. The molecule has 144 valence electrons. The van der Waals surface area contributed by atoms with Gasteiger partial charge in [-0.25, -0.2) is 0 Å². The summed E-state index contributed by atoms with van der Waals surface area (Å²) in [5, 5.41) is 4.06. The third kappa shape index (κ3) is 7.45. The van der Waals surface area contributed by atoms with Gasteiger partial charge in [0.1, 0.15) is 5.75 Å². The molecule has 0 heterocycles. The minimum absolute atomic E-state index is 0.156. The van der Waals surface area contributed by atoms with Crippen LogP contribution < -0.4 is 20.9 Å². The molecule has 2 aromatic carbocycles. The van der Waals surface area contributed by atoms with E-state index in [-0.39, 0.29) is 5.91 Å². The molecule has 5 nitrogen and oxygen atoms in total. The predicted octanol–water partition coefficient (Wildman–Crippen LogP) is 4.44. The van der Waals surface area contributed by atoms with E-state index in [1.807, 2.05) is 45.0 Å². The topological polar surface area (TPSA) is 62.4 Å². The van der Waals surface area contributed by atoms with Crippen LogP contribution in [0.25, 0.3) is 0 Å². The molecule has 0 unspecified atom stereocenters. The molecule has 0 aliphatic heterocycles. The van der Waals surface area contributed by atoms with Crippen LogP contribution in [0.4, 0.5) is 5.69 Å². The molecule has 0 aliphatic rings. The molecule has 0 spiro atoms. The molecule has 3 N–H and O–H groups in total. The van der Waals surface area contributed by atoms with Crippen LogP contribution in [-0.2, 0) is 4.79 Å². The number of carbonyl (C=O) groups is 1. The Bertz CT molecular complexity index is 807. The number of hydrogen-bond acceptors (Lipinski definition) is 3. The van der Waals surface area contributed by atoms with E-state index in [9.17, 15) is 4.79 Å². The average Bonchev–Trinajstić information content (AvgIpc) is 2.57. The van der Waals surface area contributed by atoms with Gasteiger partial charge in [-0.15, -0.1) is 0 Å². The second-order valence-corrected chi connectivity index (χ2v) is 7.21. The Morgan fingerprint density at radius 2 is 1.78 bits per heavy atom. The summed E-state index contributed by atoms with van der Waals surface area (Å²) >= 11 is 11.1. The molecular formula is C20H24ClN3O2S. The van der Waals surface area contributed by atoms with E-state index in [0.29, 0.717) is 29.6 Å². The van der Waals surface area contributed by atoms with Gasteiger partial charge in [-0.05, 0) is 86.4 Å². The quantitative estimate of drug-likeness (QED) is 0.376. The Balaban J connectivity index is 1.66. The minimum atomic E-state index is -0.156. The van der Waals surface area contributed by atoms with Crippen molar-refractivity contribution in [3.8, 4) is 5.75 Å². The molecular weight excluding hydrogens is 382 g/mol. The van der Waals surface area contributed by atoms with E-state index < -0.39 is 0 Å². The van der Waals surface area contributed by atoms with E-state index in [1.165, 1.54) is 0 Å². The van der Waals surface area contributed by atoms with Gasteiger partial charge >= 0.3 is 0 Å². The van der Waals surface area contributed by atoms with Crippen molar-refractivity contribution in [3.05, 3.63) is 58.1 Å². The molecule has 0 saturated heterocycles. The van der Waals surface area contributed by atoms with Gasteiger partial charge in [-0.1, -0.05) is 17.7 Å². The van der Waals surface area contributed by atoms with Gasteiger partial charge in [0.05, 0.1) is 6.61 Å². The highest BCUT2D eigenvalue weighted by molar-refractivity contribution is 7.80. The molecule has 1 amide bonds. The van der Waals surface area contributed by atoms with Crippen LogP contribution in [0.5, 0.6) is 5.75 Å². The lowest BCUT2D eigenvalue weighted by Gasteiger charge is -2.13. The van der Waals surface area contributed by atoms with Crippen LogP contribution in [0.15, 0.2) is 36.4 Å². The number of aryl methyl sites for hydroxylation is 3. The normalized spacial score (nSPS) is 10.2. The monoisotopic (exact) mass is 405 g/mol. The Kier molecular flexibility index (Phi) is 7.88. The zero-order valence-corrected chi connectivity index (χ0v) is 17.3. The maximum atomic E-state index is 11.9. The highest BCUT2D eigenvalue weighted by atomic mass is 35.5. The van der Waals surface area contributed by atoms with Gasteiger partial charge < -0.3 is 10.1 Å². The molecule has 0 bridgehead atoms. The third-order valence-corrected chi connectivity index (χ3v) is 4.18. The molecule has 0 radical (unpaired) electrons. The summed E-state index contributed by atoms with van der Waals surface area (Å²) in [7, 11) is 0. The molecule has 0 atom stereocenters. The standard InChI is InChI=1S/C20H24ClN3O2S/c1-13-9-14(2)11-17(10-13)22-20(27)24-23-19(25)5-4-8-26-18-7-6-16(21)12-15(18)3/h6-7,9-12H,4-5,8H2,1-3H3,(H,23,25)(H2,22,24,27). The summed E-state index contributed by atoms with van der Waals surface area (Å²) in [5.74, 6) is 0.618. The summed E-state index contributed by atoms with van der Waals surface area (Å²) in [6.45, 7) is 6.41. The second kappa shape index (κ2) is 10.1. The van der Waals surface area contributed by atoms with Crippen molar-refractivity contribution in [2.45, 2.75) is 33.6 Å². The number of halogens is 1. The fourth-order valence-electron chi connectivity index (χ4n) is 2.59. The first-order valence-electron chi connectivity index (χ1n) is 8.66. The smallest absolute Gasteiger partial charge is 0.238 e. The molecule has 2 aromatic rings. The van der Waals surface area contributed by atoms with E-state index in [1.54, 1.807) is 6.07 Å². The predicted molar refractivity (Wildman–Crippen MR) is 114 cm³/mol. The first-order valence-corrected chi connectivity index (χ1v) is 9.45. The van der Waals surface area contributed by atoms with Crippen molar-refractivity contribution >= 4 is 40.5 Å². The first-order chi connectivity index (χ1) is 12.8. The number of amides is 1. The van der Waals surface area contributed by atoms with Crippen LogP contribution in [0.2, 0.25) is 5.02 Å². The van der Waals surface area contributed by atoms with Gasteiger partial charge in [-0.3, -0.25) is 15.6 Å². The molecule has 0 fully saturated rings. The number of carbonyl (C=O) groups excluding carboxylic acids is 1. The maximum absolute atomic E-state index is 11.9. The van der Waals surface area contributed by atoms with Crippen LogP contribution in [-0.4, -0.2) is 17.6 Å². The first kappa shape index (κ1) is 21.0. The zero-order valence-electron chi connectivity index (χ0n) is 15.7. The number of ether oxygens (including phenoxy) is 1. The Morgan fingerprint density at radius 3 is 2.44 bits per heavy atom. The van der Waals surface area contributed by atoms with E-state index in [2.05, 4.69) is 22.2 Å². The van der Waals surface area contributed by atoms with Crippen molar-refractivity contribution in [2.75, 3.05) is 11.9 Å². The van der Waals surface area contributed by atoms with E-state index in [4.69, 9.17) is 28.6 Å². The molecule has 0 saturated carbocycles.